The molecule has 0 aliphatic rings. The molecule has 0 saturated heterocycles. The van der Waals surface area contributed by atoms with Gasteiger partial charge >= 0.3 is 0 Å². The first kappa shape index (κ1) is 10.3. The molecule has 0 atom stereocenters. The van der Waals surface area contributed by atoms with Crippen molar-refractivity contribution in [2.45, 2.75) is 19.8 Å². The second-order valence-corrected chi connectivity index (χ2v) is 2.14. The molecule has 1 radical (unpaired) electrons. The summed E-state index contributed by atoms with van der Waals surface area (Å²) in [5.74, 6) is 0. The molecule has 1 aromatic rings. The van der Waals surface area contributed by atoms with Gasteiger partial charge < -0.3 is 0 Å². The van der Waals surface area contributed by atoms with Crippen LogP contribution in [0, 0.1) is 6.07 Å². The van der Waals surface area contributed by atoms with Crippen LogP contribution in [0.4, 0.5) is 0 Å². The van der Waals surface area contributed by atoms with E-state index in [1.165, 1.54) is 12.0 Å². The van der Waals surface area contributed by atoms with Gasteiger partial charge in [0.05, 0.1) is 0 Å². The molecule has 0 bridgehead atoms. The second-order valence-electron chi connectivity index (χ2n) is 2.14. The molecule has 0 aromatic heterocycles. The van der Waals surface area contributed by atoms with E-state index in [1.54, 1.807) is 0 Å². The van der Waals surface area contributed by atoms with Crippen molar-refractivity contribution in [2.75, 3.05) is 0 Å². The van der Waals surface area contributed by atoms with Gasteiger partial charge in [0.2, 0.25) is 0 Å². The molecule has 10 heavy (non-hydrogen) atoms. The van der Waals surface area contributed by atoms with Gasteiger partial charge in [0, 0.05) is 32.7 Å². The Morgan fingerprint density at radius 3 is 2.70 bits per heavy atom. The average molecular weight is 208 g/mol. The normalized spacial score (nSPS) is 8.50. The first-order valence-corrected chi connectivity index (χ1v) is 3.39. The molecule has 1 rings (SSSR count). The smallest absolute Gasteiger partial charge is 0 e. The van der Waals surface area contributed by atoms with Crippen LogP contribution in [0.3, 0.4) is 0 Å². The Hall–Kier alpha value is 0.324. The maximum absolute atomic E-state index is 3.17. The molecular formula is C9H11Y-. The summed E-state index contributed by atoms with van der Waals surface area (Å²) in [6.07, 6.45) is 2.36. The third-order valence-corrected chi connectivity index (χ3v) is 1.29. The molecule has 0 fully saturated rings. The average Bonchev–Trinajstić information content (AvgIpc) is 1.91. The quantitative estimate of drug-likeness (QED) is 0.655. The zero-order chi connectivity index (χ0) is 6.53. The van der Waals surface area contributed by atoms with Crippen LogP contribution in [-0.4, -0.2) is 0 Å². The second kappa shape index (κ2) is 6.06. The summed E-state index contributed by atoms with van der Waals surface area (Å²) in [6, 6.07) is 11.3. The van der Waals surface area contributed by atoms with Gasteiger partial charge in [0.25, 0.3) is 0 Å². The van der Waals surface area contributed by atoms with E-state index in [9.17, 15) is 0 Å². The molecule has 0 N–H and O–H groups in total. The van der Waals surface area contributed by atoms with Crippen molar-refractivity contribution in [1.82, 2.24) is 0 Å². The van der Waals surface area contributed by atoms with E-state index < -0.39 is 0 Å². The van der Waals surface area contributed by atoms with Crippen LogP contribution in [0.1, 0.15) is 18.9 Å². The molecule has 0 aliphatic carbocycles. The van der Waals surface area contributed by atoms with Gasteiger partial charge in [0.1, 0.15) is 0 Å². The van der Waals surface area contributed by atoms with Gasteiger partial charge in [0.15, 0.2) is 0 Å². The first-order chi connectivity index (χ1) is 4.43. The van der Waals surface area contributed by atoms with Gasteiger partial charge in [-0.05, 0) is 0 Å². The largest absolute Gasteiger partial charge is 0.180 e. The van der Waals surface area contributed by atoms with E-state index in [2.05, 4.69) is 25.1 Å². The Labute approximate surface area is 87.9 Å². The molecule has 0 heterocycles. The van der Waals surface area contributed by atoms with Gasteiger partial charge in [-0.25, -0.2) is 0 Å². The SMILES string of the molecule is CCCc1[c-]cccc1.[Y]. The fraction of sp³-hybridized carbons (Fsp3) is 0.333. The number of benzene rings is 1. The summed E-state index contributed by atoms with van der Waals surface area (Å²) in [6.45, 7) is 2.18. The summed E-state index contributed by atoms with van der Waals surface area (Å²) in [5, 5.41) is 0. The minimum Gasteiger partial charge on any atom is -0.180 e. The Morgan fingerprint density at radius 1 is 1.40 bits per heavy atom. The zero-order valence-corrected chi connectivity index (χ0v) is 9.14. The van der Waals surface area contributed by atoms with E-state index in [0.29, 0.717) is 0 Å². The van der Waals surface area contributed by atoms with Crippen molar-refractivity contribution in [3.8, 4) is 0 Å². The van der Waals surface area contributed by atoms with Crippen LogP contribution >= 0.6 is 0 Å². The van der Waals surface area contributed by atoms with E-state index in [4.69, 9.17) is 0 Å². The monoisotopic (exact) mass is 208 g/mol. The molecule has 0 unspecified atom stereocenters. The maximum Gasteiger partial charge on any atom is 0 e. The van der Waals surface area contributed by atoms with E-state index in [1.807, 2.05) is 12.1 Å². The fourth-order valence-electron chi connectivity index (χ4n) is 0.855. The van der Waals surface area contributed by atoms with Crippen molar-refractivity contribution >= 4 is 0 Å². The summed E-state index contributed by atoms with van der Waals surface area (Å²) in [5.41, 5.74) is 1.32. The van der Waals surface area contributed by atoms with Crippen LogP contribution < -0.4 is 0 Å². The zero-order valence-electron chi connectivity index (χ0n) is 6.30. The maximum atomic E-state index is 3.17. The molecule has 0 spiro atoms. The van der Waals surface area contributed by atoms with Crippen molar-refractivity contribution in [2.24, 2.45) is 0 Å². The van der Waals surface area contributed by atoms with Gasteiger partial charge in [-0.1, -0.05) is 19.8 Å². The molecule has 1 aromatic carbocycles. The van der Waals surface area contributed by atoms with Crippen molar-refractivity contribution in [3.63, 3.8) is 0 Å². The minimum atomic E-state index is 0. The van der Waals surface area contributed by atoms with Crippen molar-refractivity contribution < 1.29 is 32.7 Å². The minimum absolute atomic E-state index is 0. The molecule has 0 aliphatic heterocycles. The van der Waals surface area contributed by atoms with Crippen LogP contribution in [0.5, 0.6) is 0 Å². The van der Waals surface area contributed by atoms with Crippen LogP contribution in [-0.2, 0) is 39.1 Å². The van der Waals surface area contributed by atoms with E-state index in [0.717, 1.165) is 6.42 Å². The first-order valence-electron chi connectivity index (χ1n) is 3.39. The van der Waals surface area contributed by atoms with Crippen molar-refractivity contribution in [1.29, 1.82) is 0 Å². The summed E-state index contributed by atoms with van der Waals surface area (Å²) in [4.78, 5) is 0. The van der Waals surface area contributed by atoms with Gasteiger partial charge in [-0.2, -0.15) is 35.9 Å². The van der Waals surface area contributed by atoms with Crippen LogP contribution in [0.25, 0.3) is 0 Å². The summed E-state index contributed by atoms with van der Waals surface area (Å²) >= 11 is 0. The van der Waals surface area contributed by atoms with Crippen molar-refractivity contribution in [3.05, 3.63) is 35.9 Å². The Morgan fingerprint density at radius 2 is 2.20 bits per heavy atom. The number of rotatable bonds is 2. The number of hydrogen-bond acceptors (Lipinski definition) is 0. The Bertz CT molecular complexity index is 158. The molecule has 51 valence electrons. The number of hydrogen-bond donors (Lipinski definition) is 0. The molecule has 0 amide bonds. The molecule has 1 heteroatoms. The van der Waals surface area contributed by atoms with E-state index >= 15 is 0 Å². The Kier molecular flexibility index (Phi) is 6.26. The van der Waals surface area contributed by atoms with Gasteiger partial charge in [-0.15, -0.1) is 0 Å². The van der Waals surface area contributed by atoms with Gasteiger partial charge in [-0.3, -0.25) is 0 Å². The molecule has 0 nitrogen and oxygen atoms in total. The fourth-order valence-corrected chi connectivity index (χ4v) is 0.855. The third-order valence-electron chi connectivity index (χ3n) is 1.29. The van der Waals surface area contributed by atoms with E-state index in [-0.39, 0.29) is 32.7 Å². The summed E-state index contributed by atoms with van der Waals surface area (Å²) < 4.78 is 0. The standard InChI is InChI=1S/C9H11.Y/c1-2-6-9-7-4-3-5-8-9;/h3-5,7H,2,6H2,1H3;/q-1;. The van der Waals surface area contributed by atoms with Crippen LogP contribution in [0.2, 0.25) is 0 Å². The Balaban J connectivity index is 0.000000810. The predicted octanol–water partition coefficient (Wildman–Crippen LogP) is 2.44. The van der Waals surface area contributed by atoms with Crippen LogP contribution in [0.15, 0.2) is 24.3 Å². The number of aryl methyl sites for hydroxylation is 1. The third kappa shape index (κ3) is 3.48. The predicted molar refractivity (Wildman–Crippen MR) is 39.3 cm³/mol. The molecule has 0 saturated carbocycles. The summed E-state index contributed by atoms with van der Waals surface area (Å²) in [7, 11) is 0. The topological polar surface area (TPSA) is 0 Å². The molecular weight excluding hydrogens is 197 g/mol.